The molecule has 1 aliphatic heterocycles. The lowest BCUT2D eigenvalue weighted by molar-refractivity contribution is -0.141. The summed E-state index contributed by atoms with van der Waals surface area (Å²) in [5.41, 5.74) is 0. The molecule has 1 fully saturated rings. The molecular weight excluding hydrogens is 282 g/mol. The molecule has 1 saturated heterocycles. The van der Waals surface area contributed by atoms with Gasteiger partial charge in [-0.25, -0.2) is 4.98 Å². The van der Waals surface area contributed by atoms with Crippen molar-refractivity contribution in [1.29, 1.82) is 0 Å². The molecule has 0 spiro atoms. The molecule has 6 heteroatoms. The summed E-state index contributed by atoms with van der Waals surface area (Å²) in [5.74, 6) is -1.08. The van der Waals surface area contributed by atoms with Crippen LogP contribution in [-0.2, 0) is 16.1 Å². The monoisotopic (exact) mass is 307 g/mol. The average Bonchev–Trinajstić information content (AvgIpc) is 3.11. The number of Topliss-reactive ketones (excluding diaryl/α,β-unsaturated/α-hetero) is 1. The highest BCUT2D eigenvalue weighted by atomic mass is 16.3. The van der Waals surface area contributed by atoms with E-state index in [-0.39, 0.29) is 24.3 Å². The summed E-state index contributed by atoms with van der Waals surface area (Å²) in [6.07, 6.45) is 9.81. The van der Waals surface area contributed by atoms with Crippen molar-refractivity contribution in [1.82, 2.24) is 14.5 Å². The van der Waals surface area contributed by atoms with Crippen molar-refractivity contribution in [2.45, 2.75) is 51.6 Å². The molecule has 2 atom stereocenters. The molecule has 2 unspecified atom stereocenters. The first kappa shape index (κ1) is 16.7. The fourth-order valence-corrected chi connectivity index (χ4v) is 3.12. The maximum absolute atomic E-state index is 12.2. The number of unbranched alkanes of at least 4 members (excludes halogenated alkanes) is 2. The van der Waals surface area contributed by atoms with Gasteiger partial charge in [0.25, 0.3) is 5.91 Å². The fourth-order valence-electron chi connectivity index (χ4n) is 3.12. The van der Waals surface area contributed by atoms with E-state index >= 15 is 0 Å². The number of ketones is 1. The van der Waals surface area contributed by atoms with Crippen LogP contribution >= 0.6 is 0 Å². The van der Waals surface area contributed by atoms with Crippen molar-refractivity contribution >= 4 is 11.7 Å². The zero-order valence-corrected chi connectivity index (χ0v) is 13.1. The number of hydrogen-bond acceptors (Lipinski definition) is 4. The van der Waals surface area contributed by atoms with Gasteiger partial charge in [-0.15, -0.1) is 0 Å². The molecule has 1 N–H and O–H groups in total. The lowest BCUT2D eigenvalue weighted by atomic mass is 9.93. The molecule has 6 nitrogen and oxygen atoms in total. The molecule has 1 aromatic heterocycles. The predicted octanol–water partition coefficient (Wildman–Crippen LogP) is 1.24. The van der Waals surface area contributed by atoms with Crippen molar-refractivity contribution in [2.75, 3.05) is 13.2 Å². The highest BCUT2D eigenvalue weighted by Crippen LogP contribution is 2.27. The Morgan fingerprint density at radius 1 is 1.23 bits per heavy atom. The van der Waals surface area contributed by atoms with Crippen molar-refractivity contribution in [3.05, 3.63) is 18.7 Å². The molecule has 2 rings (SSSR count). The average molecular weight is 307 g/mol. The first-order valence-corrected chi connectivity index (χ1v) is 8.10. The zero-order chi connectivity index (χ0) is 15.9. The van der Waals surface area contributed by atoms with Gasteiger partial charge in [0.15, 0.2) is 0 Å². The van der Waals surface area contributed by atoms with Crippen LogP contribution in [0.2, 0.25) is 0 Å². The van der Waals surface area contributed by atoms with Crippen LogP contribution in [0.4, 0.5) is 0 Å². The van der Waals surface area contributed by atoms with Crippen LogP contribution < -0.4 is 0 Å². The number of hydrogen-bond donors (Lipinski definition) is 1. The maximum Gasteiger partial charge on any atom is 0.290 e. The minimum Gasteiger partial charge on any atom is -0.394 e. The number of aryl methyl sites for hydroxylation is 1. The van der Waals surface area contributed by atoms with Crippen molar-refractivity contribution in [2.24, 2.45) is 5.92 Å². The Hall–Kier alpha value is -1.69. The molecule has 22 heavy (non-hydrogen) atoms. The summed E-state index contributed by atoms with van der Waals surface area (Å²) in [7, 11) is 0. The highest BCUT2D eigenvalue weighted by Gasteiger charge is 2.45. The van der Waals surface area contributed by atoms with Gasteiger partial charge in [0.2, 0.25) is 5.78 Å². The number of aliphatic hydroxyl groups is 1. The summed E-state index contributed by atoms with van der Waals surface area (Å²) in [6, 6.07) is -0.348. The molecular formula is C16H25N3O3. The molecule has 0 aliphatic carbocycles. The summed E-state index contributed by atoms with van der Waals surface area (Å²) in [6.45, 7) is 3.21. The van der Waals surface area contributed by atoms with Gasteiger partial charge < -0.3 is 14.6 Å². The molecule has 0 saturated carbocycles. The van der Waals surface area contributed by atoms with E-state index in [0.717, 1.165) is 32.2 Å². The van der Waals surface area contributed by atoms with E-state index in [1.807, 2.05) is 10.8 Å². The quantitative estimate of drug-likeness (QED) is 0.550. The van der Waals surface area contributed by atoms with Gasteiger partial charge in [0.1, 0.15) is 0 Å². The zero-order valence-electron chi connectivity index (χ0n) is 13.1. The number of aliphatic hydroxyl groups excluding tert-OH is 1. The SMILES string of the molecule is CCCCCC1C(=O)C(=O)N(CCCn2ccnc2)C1CO. The normalized spacial score (nSPS) is 21.8. The Kier molecular flexibility index (Phi) is 6.12. The molecule has 122 valence electrons. The Balaban J connectivity index is 1.91. The largest absolute Gasteiger partial charge is 0.394 e. The van der Waals surface area contributed by atoms with Gasteiger partial charge in [-0.2, -0.15) is 0 Å². The summed E-state index contributed by atoms with van der Waals surface area (Å²) < 4.78 is 1.94. The second-order valence-corrected chi connectivity index (χ2v) is 5.87. The number of nitrogens with zero attached hydrogens (tertiary/aromatic N) is 3. The van der Waals surface area contributed by atoms with Crippen LogP contribution in [0.1, 0.15) is 39.0 Å². The first-order chi connectivity index (χ1) is 10.7. The Morgan fingerprint density at radius 2 is 2.05 bits per heavy atom. The lowest BCUT2D eigenvalue weighted by Gasteiger charge is -2.25. The van der Waals surface area contributed by atoms with Crippen LogP contribution in [0.5, 0.6) is 0 Å². The molecule has 0 bridgehead atoms. The smallest absolute Gasteiger partial charge is 0.290 e. The second kappa shape index (κ2) is 8.08. The third-order valence-corrected chi connectivity index (χ3v) is 4.35. The van der Waals surface area contributed by atoms with E-state index in [4.69, 9.17) is 0 Å². The molecule has 2 heterocycles. The predicted molar refractivity (Wildman–Crippen MR) is 82.1 cm³/mol. The Morgan fingerprint density at radius 3 is 2.68 bits per heavy atom. The van der Waals surface area contributed by atoms with Gasteiger partial charge >= 0.3 is 0 Å². The molecule has 0 radical (unpaired) electrons. The fraction of sp³-hybridized carbons (Fsp3) is 0.688. The van der Waals surface area contributed by atoms with E-state index in [2.05, 4.69) is 11.9 Å². The van der Waals surface area contributed by atoms with Gasteiger partial charge in [-0.3, -0.25) is 9.59 Å². The molecule has 0 aromatic carbocycles. The maximum atomic E-state index is 12.2. The summed E-state index contributed by atoms with van der Waals surface area (Å²) >= 11 is 0. The minimum atomic E-state index is -0.425. The van der Waals surface area contributed by atoms with Crippen LogP contribution in [-0.4, -0.2) is 50.4 Å². The standard InChI is InChI=1S/C16H25N3O3/c1-2-3-4-6-13-14(11-20)19(16(22)15(13)21)9-5-8-18-10-7-17-12-18/h7,10,12-14,20H,2-6,8-9,11H2,1H3. The summed E-state index contributed by atoms with van der Waals surface area (Å²) in [4.78, 5) is 29.8. The third-order valence-electron chi connectivity index (χ3n) is 4.35. The van der Waals surface area contributed by atoms with Gasteiger partial charge in [0, 0.05) is 25.5 Å². The van der Waals surface area contributed by atoms with E-state index in [9.17, 15) is 14.7 Å². The van der Waals surface area contributed by atoms with E-state index in [1.54, 1.807) is 17.4 Å². The van der Waals surface area contributed by atoms with Gasteiger partial charge in [-0.05, 0) is 12.8 Å². The van der Waals surface area contributed by atoms with E-state index in [1.165, 1.54) is 0 Å². The minimum absolute atomic E-state index is 0.140. The Labute approximate surface area is 131 Å². The molecule has 1 aromatic rings. The second-order valence-electron chi connectivity index (χ2n) is 5.87. The third kappa shape index (κ3) is 3.74. The van der Waals surface area contributed by atoms with E-state index in [0.29, 0.717) is 13.0 Å². The van der Waals surface area contributed by atoms with Crippen molar-refractivity contribution in [3.63, 3.8) is 0 Å². The highest BCUT2D eigenvalue weighted by molar-refractivity contribution is 6.39. The van der Waals surface area contributed by atoms with Gasteiger partial charge in [0.05, 0.1) is 24.9 Å². The van der Waals surface area contributed by atoms with Crippen molar-refractivity contribution in [3.8, 4) is 0 Å². The van der Waals surface area contributed by atoms with Crippen LogP contribution in [0, 0.1) is 5.92 Å². The van der Waals surface area contributed by atoms with E-state index < -0.39 is 5.91 Å². The number of carbonyl (C=O) groups excluding carboxylic acids is 2. The summed E-state index contributed by atoms with van der Waals surface area (Å²) in [5, 5.41) is 9.62. The van der Waals surface area contributed by atoms with Crippen molar-refractivity contribution < 1.29 is 14.7 Å². The number of carbonyl (C=O) groups is 2. The van der Waals surface area contributed by atoms with Crippen LogP contribution in [0.25, 0.3) is 0 Å². The van der Waals surface area contributed by atoms with Gasteiger partial charge in [-0.1, -0.05) is 26.2 Å². The topological polar surface area (TPSA) is 75.4 Å². The number of aromatic nitrogens is 2. The number of amides is 1. The number of rotatable bonds is 9. The van der Waals surface area contributed by atoms with Crippen LogP contribution in [0.15, 0.2) is 18.7 Å². The molecule has 1 amide bonds. The van der Waals surface area contributed by atoms with Crippen LogP contribution in [0.3, 0.4) is 0 Å². The number of imidazole rings is 1. The first-order valence-electron chi connectivity index (χ1n) is 8.10. The number of likely N-dealkylation sites (tertiary alicyclic amines) is 1. The lowest BCUT2D eigenvalue weighted by Crippen LogP contribution is -2.39. The molecule has 1 aliphatic rings. The Bertz CT molecular complexity index is 487.